The number of hydrogen-bond donors (Lipinski definition) is 0. The topological polar surface area (TPSA) is 17.3 Å². The lowest BCUT2D eigenvalue weighted by Crippen LogP contribution is -1.65. The fourth-order valence-corrected chi connectivity index (χ4v) is 1.34. The van der Waals surface area contributed by atoms with Crippen molar-refractivity contribution in [3.8, 4) is 0 Å². The van der Waals surface area contributed by atoms with Crippen LogP contribution in [0.4, 0.5) is 0 Å². The van der Waals surface area contributed by atoms with Crippen molar-refractivity contribution < 1.29 is 0 Å². The molecule has 0 aromatic carbocycles. The number of nitrogens with zero attached hydrogens (tertiary/aromatic N) is 2. The molecule has 0 unspecified atom stereocenters. The minimum Gasteiger partial charge on any atom is -0.297 e. The third-order valence-electron chi connectivity index (χ3n) is 1.04. The fourth-order valence-electron chi connectivity index (χ4n) is 0.661. The fraction of sp³-hybridized carbons (Fsp3) is 0.286. The van der Waals surface area contributed by atoms with E-state index in [1.165, 1.54) is 4.83 Å². The van der Waals surface area contributed by atoms with Gasteiger partial charge >= 0.3 is 0 Å². The largest absolute Gasteiger partial charge is 0.297 e. The first-order valence-corrected chi connectivity index (χ1v) is 4.20. The van der Waals surface area contributed by atoms with Crippen LogP contribution in [0.2, 0.25) is 0 Å². The van der Waals surface area contributed by atoms with E-state index in [-0.39, 0.29) is 0 Å². The molecular weight excluding hydrogens is 144 g/mol. The van der Waals surface area contributed by atoms with Crippen LogP contribution in [0, 0.1) is 0 Å². The highest BCUT2D eigenvalue weighted by molar-refractivity contribution is 7.15. The van der Waals surface area contributed by atoms with Crippen molar-refractivity contribution in [1.29, 1.82) is 0 Å². The van der Waals surface area contributed by atoms with Crippen LogP contribution in [0.5, 0.6) is 0 Å². The zero-order chi connectivity index (χ0) is 7.40. The van der Waals surface area contributed by atoms with Crippen molar-refractivity contribution in [2.75, 3.05) is 0 Å². The van der Waals surface area contributed by atoms with Crippen LogP contribution in [-0.2, 0) is 0 Å². The van der Waals surface area contributed by atoms with Gasteiger partial charge in [-0.1, -0.05) is 13.8 Å². The summed E-state index contributed by atoms with van der Waals surface area (Å²) >= 11 is 1.69. The van der Waals surface area contributed by atoms with Crippen molar-refractivity contribution in [3.63, 3.8) is 0 Å². The normalized spacial score (nSPS) is 9.00. The predicted molar refractivity (Wildman–Crippen MR) is 44.4 cm³/mol. The van der Waals surface area contributed by atoms with Crippen LogP contribution < -0.4 is 0 Å². The summed E-state index contributed by atoms with van der Waals surface area (Å²) in [6.45, 7) is 4.00. The maximum atomic E-state index is 3.93. The molecule has 54 valence electrons. The van der Waals surface area contributed by atoms with Crippen molar-refractivity contribution in [3.05, 3.63) is 24.1 Å². The van der Waals surface area contributed by atoms with Gasteiger partial charge in [0.25, 0.3) is 0 Å². The first-order chi connectivity index (χ1) is 4.97. The minimum absolute atomic E-state index is 1.20. The van der Waals surface area contributed by atoms with E-state index in [9.17, 15) is 0 Å². The zero-order valence-corrected chi connectivity index (χ0v) is 6.93. The van der Waals surface area contributed by atoms with Crippen molar-refractivity contribution in [2.24, 2.45) is 0 Å². The molecule has 0 saturated carbocycles. The van der Waals surface area contributed by atoms with Crippen LogP contribution in [0.15, 0.2) is 24.1 Å². The Morgan fingerprint density at radius 3 is 3.00 bits per heavy atom. The summed E-state index contributed by atoms with van der Waals surface area (Å²) in [6.07, 6.45) is 5.64. The number of fused-ring (bicyclic) bond motifs is 1. The molecule has 0 bridgehead atoms. The summed E-state index contributed by atoms with van der Waals surface area (Å²) in [5, 5.41) is 2.04. The van der Waals surface area contributed by atoms with Gasteiger partial charge in [-0.2, -0.15) is 0 Å². The molecule has 2 rings (SSSR count). The number of rotatable bonds is 0. The average Bonchev–Trinajstić information content (AvgIpc) is 2.49. The van der Waals surface area contributed by atoms with Crippen LogP contribution in [0.3, 0.4) is 0 Å². The molecule has 0 fully saturated rings. The van der Waals surface area contributed by atoms with Crippen LogP contribution in [-0.4, -0.2) is 9.38 Å². The first kappa shape index (κ1) is 7.28. The second-order valence-corrected chi connectivity index (χ2v) is 2.47. The number of imidazole rings is 1. The van der Waals surface area contributed by atoms with Gasteiger partial charge in [-0.15, -0.1) is 11.3 Å². The smallest absolute Gasteiger partial charge is 0.119 e. The monoisotopic (exact) mass is 154 g/mol. The van der Waals surface area contributed by atoms with E-state index in [4.69, 9.17) is 0 Å². The molecule has 0 radical (unpaired) electrons. The Hall–Kier alpha value is -0.830. The summed E-state index contributed by atoms with van der Waals surface area (Å²) in [5.74, 6) is 0. The van der Waals surface area contributed by atoms with Gasteiger partial charge in [0.1, 0.15) is 4.83 Å². The lowest BCUT2D eigenvalue weighted by atomic mass is 10.9. The third-order valence-corrected chi connectivity index (χ3v) is 1.86. The van der Waals surface area contributed by atoms with Gasteiger partial charge < -0.3 is 0 Å². The first-order valence-electron chi connectivity index (χ1n) is 3.32. The van der Waals surface area contributed by atoms with E-state index in [2.05, 4.69) is 4.98 Å². The summed E-state index contributed by atoms with van der Waals surface area (Å²) in [6, 6.07) is 0. The molecule has 3 heteroatoms. The summed E-state index contributed by atoms with van der Waals surface area (Å²) in [7, 11) is 0. The molecule has 0 N–H and O–H groups in total. The molecule has 0 amide bonds. The van der Waals surface area contributed by atoms with E-state index in [1.54, 1.807) is 17.7 Å². The SMILES string of the molecule is CC.c1cn2cncc2s1. The lowest BCUT2D eigenvalue weighted by molar-refractivity contribution is 1.18. The highest BCUT2D eigenvalue weighted by Crippen LogP contribution is 2.08. The summed E-state index contributed by atoms with van der Waals surface area (Å²) < 4.78 is 1.99. The van der Waals surface area contributed by atoms with Gasteiger partial charge in [-0.3, -0.25) is 4.40 Å². The van der Waals surface area contributed by atoms with Crippen LogP contribution in [0.25, 0.3) is 4.83 Å². The molecule has 0 spiro atoms. The molecule has 10 heavy (non-hydrogen) atoms. The summed E-state index contributed by atoms with van der Waals surface area (Å²) in [5.41, 5.74) is 0. The number of thiazole rings is 1. The second-order valence-electron chi connectivity index (χ2n) is 1.54. The molecular formula is C7H10N2S. The molecule has 2 heterocycles. The Bertz CT molecular complexity index is 233. The van der Waals surface area contributed by atoms with E-state index in [0.717, 1.165) is 0 Å². The van der Waals surface area contributed by atoms with Gasteiger partial charge in [0.2, 0.25) is 0 Å². The quantitative estimate of drug-likeness (QED) is 0.569. The highest BCUT2D eigenvalue weighted by atomic mass is 32.1. The van der Waals surface area contributed by atoms with Crippen LogP contribution >= 0.6 is 11.3 Å². The Morgan fingerprint density at radius 2 is 2.30 bits per heavy atom. The van der Waals surface area contributed by atoms with Gasteiger partial charge in [-0.05, 0) is 0 Å². The maximum Gasteiger partial charge on any atom is 0.119 e. The Labute approximate surface area is 64.1 Å². The van der Waals surface area contributed by atoms with Gasteiger partial charge in [0.15, 0.2) is 0 Å². The number of hydrogen-bond acceptors (Lipinski definition) is 2. The summed E-state index contributed by atoms with van der Waals surface area (Å²) in [4.78, 5) is 5.13. The third kappa shape index (κ3) is 1.19. The van der Waals surface area contributed by atoms with E-state index >= 15 is 0 Å². The van der Waals surface area contributed by atoms with Crippen molar-refractivity contribution in [2.45, 2.75) is 13.8 Å². The van der Waals surface area contributed by atoms with Gasteiger partial charge in [0.05, 0.1) is 12.5 Å². The van der Waals surface area contributed by atoms with E-state index in [1.807, 2.05) is 36.0 Å². The lowest BCUT2D eigenvalue weighted by Gasteiger charge is -1.71. The zero-order valence-electron chi connectivity index (χ0n) is 6.11. The predicted octanol–water partition coefficient (Wildman–Crippen LogP) is 2.42. The standard InChI is InChI=1S/C5H4N2S.C2H6/c1-2-8-5-3-6-4-7(1)5;1-2/h1-4H;1-2H3. The van der Waals surface area contributed by atoms with Gasteiger partial charge in [0, 0.05) is 11.6 Å². The molecule has 0 aliphatic rings. The molecule has 0 aliphatic carbocycles. The molecule has 2 aromatic rings. The molecule has 0 saturated heterocycles. The molecule has 0 aliphatic heterocycles. The average molecular weight is 154 g/mol. The van der Waals surface area contributed by atoms with Crippen molar-refractivity contribution in [1.82, 2.24) is 9.38 Å². The van der Waals surface area contributed by atoms with Crippen LogP contribution in [0.1, 0.15) is 13.8 Å². The van der Waals surface area contributed by atoms with E-state index < -0.39 is 0 Å². The van der Waals surface area contributed by atoms with Gasteiger partial charge in [-0.25, -0.2) is 4.98 Å². The molecule has 2 aromatic heterocycles. The Morgan fingerprint density at radius 1 is 1.50 bits per heavy atom. The minimum atomic E-state index is 1.20. The Kier molecular flexibility index (Phi) is 2.45. The second kappa shape index (κ2) is 3.37. The van der Waals surface area contributed by atoms with Crippen molar-refractivity contribution >= 4 is 16.2 Å². The molecule has 0 atom stereocenters. The highest BCUT2D eigenvalue weighted by Gasteiger charge is 1.88. The Balaban J connectivity index is 0.000000231. The maximum absolute atomic E-state index is 3.93. The van der Waals surface area contributed by atoms with E-state index in [0.29, 0.717) is 0 Å². The molecule has 2 nitrogen and oxygen atoms in total. The number of aromatic nitrogens is 2.